The van der Waals surface area contributed by atoms with Crippen molar-refractivity contribution in [1.82, 2.24) is 5.32 Å². The van der Waals surface area contributed by atoms with E-state index in [2.05, 4.69) is 12.4 Å². The maximum atomic E-state index is 10.2. The molecule has 0 aromatic heterocycles. The van der Waals surface area contributed by atoms with Crippen LogP contribution in [-0.2, 0) is 4.79 Å². The second-order valence-corrected chi connectivity index (χ2v) is 2.06. The Morgan fingerprint density at radius 3 is 2.25 bits per heavy atom. The fourth-order valence-corrected chi connectivity index (χ4v) is 0.591. The molecule has 0 unspecified atom stereocenters. The summed E-state index contributed by atoms with van der Waals surface area (Å²) in [5, 5.41) is 10.9. The fraction of sp³-hybridized carbons (Fsp3) is 0.600. The fourth-order valence-electron chi connectivity index (χ4n) is 0.591. The lowest BCUT2D eigenvalue weighted by molar-refractivity contribution is -0.140. The minimum atomic E-state index is -0.785. The third kappa shape index (κ3) is 0.591. The SMILES string of the molecule is [CH2]NC1(C(=O)O)CC1. The lowest BCUT2D eigenvalue weighted by atomic mass is 10.3. The highest BCUT2D eigenvalue weighted by Gasteiger charge is 2.48. The van der Waals surface area contributed by atoms with Crippen molar-refractivity contribution in [2.45, 2.75) is 18.4 Å². The van der Waals surface area contributed by atoms with Gasteiger partial charge in [-0.25, -0.2) is 0 Å². The van der Waals surface area contributed by atoms with Crippen molar-refractivity contribution < 1.29 is 9.90 Å². The number of carboxylic acids is 1. The molecule has 0 spiro atoms. The minimum Gasteiger partial charge on any atom is -0.480 e. The van der Waals surface area contributed by atoms with Gasteiger partial charge in [-0.2, -0.15) is 0 Å². The average Bonchev–Trinajstić information content (AvgIpc) is 2.44. The summed E-state index contributed by atoms with van der Waals surface area (Å²) in [6, 6.07) is 0. The molecule has 0 amide bonds. The van der Waals surface area contributed by atoms with Gasteiger partial charge in [0.2, 0.25) is 0 Å². The highest BCUT2D eigenvalue weighted by molar-refractivity contribution is 5.82. The average molecular weight is 114 g/mol. The first-order valence-corrected chi connectivity index (χ1v) is 2.49. The van der Waals surface area contributed by atoms with Gasteiger partial charge in [0.15, 0.2) is 0 Å². The second-order valence-electron chi connectivity index (χ2n) is 2.06. The van der Waals surface area contributed by atoms with Crippen LogP contribution >= 0.6 is 0 Å². The first kappa shape index (κ1) is 5.56. The molecule has 1 rings (SSSR count). The van der Waals surface area contributed by atoms with Gasteiger partial charge in [0.25, 0.3) is 0 Å². The largest absolute Gasteiger partial charge is 0.480 e. The summed E-state index contributed by atoms with van der Waals surface area (Å²) in [6.45, 7) is 0. The van der Waals surface area contributed by atoms with Crippen molar-refractivity contribution >= 4 is 5.97 Å². The van der Waals surface area contributed by atoms with Crippen molar-refractivity contribution in [3.8, 4) is 0 Å². The first-order valence-electron chi connectivity index (χ1n) is 2.49. The Kier molecular flexibility index (Phi) is 1.01. The van der Waals surface area contributed by atoms with Crippen LogP contribution in [0.15, 0.2) is 0 Å². The molecule has 0 saturated heterocycles. The van der Waals surface area contributed by atoms with Crippen LogP contribution < -0.4 is 5.32 Å². The number of carboxylic acid groups (broad SMARTS) is 1. The number of nitrogens with one attached hydrogen (secondary N) is 1. The molecule has 0 aliphatic heterocycles. The Balaban J connectivity index is 2.53. The van der Waals surface area contributed by atoms with E-state index >= 15 is 0 Å². The molecule has 3 heteroatoms. The predicted octanol–water partition coefficient (Wildman–Crippen LogP) is -0.0152. The molecule has 3 nitrogen and oxygen atoms in total. The third-order valence-corrected chi connectivity index (χ3v) is 1.50. The molecule has 0 atom stereocenters. The summed E-state index contributed by atoms with van der Waals surface area (Å²) < 4.78 is 0. The van der Waals surface area contributed by atoms with Gasteiger partial charge >= 0.3 is 5.97 Å². The van der Waals surface area contributed by atoms with Gasteiger partial charge in [-0.15, -0.1) is 0 Å². The summed E-state index contributed by atoms with van der Waals surface area (Å²) in [5.41, 5.74) is -0.653. The first-order chi connectivity index (χ1) is 3.71. The predicted molar refractivity (Wildman–Crippen MR) is 28.1 cm³/mol. The van der Waals surface area contributed by atoms with E-state index in [0.29, 0.717) is 12.8 Å². The maximum Gasteiger partial charge on any atom is 0.323 e. The molecule has 0 aromatic rings. The molecule has 45 valence electrons. The van der Waals surface area contributed by atoms with Crippen LogP contribution in [0.3, 0.4) is 0 Å². The van der Waals surface area contributed by atoms with E-state index in [0.717, 1.165) is 0 Å². The number of carbonyl (C=O) groups is 1. The molecule has 1 aliphatic carbocycles. The summed E-state index contributed by atoms with van der Waals surface area (Å²) in [5.74, 6) is -0.785. The molecule has 2 N–H and O–H groups in total. The van der Waals surface area contributed by atoms with Crippen LogP contribution in [0.4, 0.5) is 0 Å². The zero-order valence-electron chi connectivity index (χ0n) is 4.48. The van der Waals surface area contributed by atoms with Crippen LogP contribution in [0.2, 0.25) is 0 Å². The highest BCUT2D eigenvalue weighted by Crippen LogP contribution is 2.34. The van der Waals surface area contributed by atoms with E-state index in [1.54, 1.807) is 0 Å². The van der Waals surface area contributed by atoms with Gasteiger partial charge < -0.3 is 10.4 Å². The summed E-state index contributed by atoms with van der Waals surface area (Å²) in [6.07, 6.45) is 1.43. The van der Waals surface area contributed by atoms with E-state index in [9.17, 15) is 4.79 Å². The van der Waals surface area contributed by atoms with Gasteiger partial charge in [0.1, 0.15) is 5.54 Å². The van der Waals surface area contributed by atoms with Gasteiger partial charge in [-0.3, -0.25) is 4.79 Å². The van der Waals surface area contributed by atoms with E-state index in [4.69, 9.17) is 5.11 Å². The molecular weight excluding hydrogens is 106 g/mol. The van der Waals surface area contributed by atoms with Crippen LogP contribution in [0.1, 0.15) is 12.8 Å². The normalized spacial score (nSPS) is 22.6. The van der Waals surface area contributed by atoms with Gasteiger partial charge in [0.05, 0.1) is 0 Å². The monoisotopic (exact) mass is 114 g/mol. The quantitative estimate of drug-likeness (QED) is 0.530. The number of aliphatic carboxylic acids is 1. The number of rotatable bonds is 2. The van der Waals surface area contributed by atoms with Crippen LogP contribution in [-0.4, -0.2) is 16.6 Å². The smallest absolute Gasteiger partial charge is 0.323 e. The van der Waals surface area contributed by atoms with E-state index in [1.807, 2.05) is 0 Å². The summed E-state index contributed by atoms with van der Waals surface area (Å²) >= 11 is 0. The lowest BCUT2D eigenvalue weighted by Crippen LogP contribution is -2.34. The lowest BCUT2D eigenvalue weighted by Gasteiger charge is -2.04. The Bertz CT molecular complexity index is 118. The topological polar surface area (TPSA) is 49.3 Å². The number of hydrogen-bond acceptors (Lipinski definition) is 2. The Morgan fingerprint density at radius 2 is 2.25 bits per heavy atom. The standard InChI is InChI=1S/C5H8NO2/c1-6-5(2-3-5)4(7)8/h6H,1-3H2,(H,7,8). The molecule has 1 saturated carbocycles. The molecule has 1 radical (unpaired) electrons. The van der Waals surface area contributed by atoms with Gasteiger partial charge in [-0.05, 0) is 12.8 Å². The molecule has 1 fully saturated rings. The van der Waals surface area contributed by atoms with Gasteiger partial charge in [-0.1, -0.05) is 0 Å². The van der Waals surface area contributed by atoms with E-state index in [-0.39, 0.29) is 0 Å². The molecule has 0 bridgehead atoms. The summed E-state index contributed by atoms with van der Waals surface area (Å²) in [4.78, 5) is 10.2. The van der Waals surface area contributed by atoms with Crippen molar-refractivity contribution in [2.24, 2.45) is 0 Å². The molecule has 0 heterocycles. The van der Waals surface area contributed by atoms with Crippen molar-refractivity contribution in [3.05, 3.63) is 7.05 Å². The molecular formula is C5H8NO2. The summed E-state index contributed by atoms with van der Waals surface area (Å²) in [7, 11) is 3.31. The minimum absolute atomic E-state index is 0.653. The van der Waals surface area contributed by atoms with Crippen LogP contribution in [0.5, 0.6) is 0 Å². The maximum absolute atomic E-state index is 10.2. The third-order valence-electron chi connectivity index (χ3n) is 1.50. The zero-order valence-corrected chi connectivity index (χ0v) is 4.48. The van der Waals surface area contributed by atoms with Crippen molar-refractivity contribution in [2.75, 3.05) is 0 Å². The molecule has 1 aliphatic rings. The van der Waals surface area contributed by atoms with Gasteiger partial charge in [0, 0.05) is 7.05 Å². The van der Waals surface area contributed by atoms with E-state index < -0.39 is 11.5 Å². The van der Waals surface area contributed by atoms with Crippen LogP contribution in [0.25, 0.3) is 0 Å². The van der Waals surface area contributed by atoms with Crippen LogP contribution in [0, 0.1) is 7.05 Å². The van der Waals surface area contributed by atoms with Crippen molar-refractivity contribution in [1.29, 1.82) is 0 Å². The Morgan fingerprint density at radius 1 is 1.75 bits per heavy atom. The second kappa shape index (κ2) is 1.45. The number of hydrogen-bond donors (Lipinski definition) is 2. The zero-order chi connectivity index (χ0) is 6.20. The van der Waals surface area contributed by atoms with E-state index in [1.165, 1.54) is 0 Å². The Hall–Kier alpha value is -0.570. The molecule has 0 aromatic carbocycles. The highest BCUT2D eigenvalue weighted by atomic mass is 16.4. The Labute approximate surface area is 47.7 Å². The van der Waals surface area contributed by atoms with Crippen molar-refractivity contribution in [3.63, 3.8) is 0 Å². The molecule has 8 heavy (non-hydrogen) atoms.